The van der Waals surface area contributed by atoms with E-state index in [1.807, 2.05) is 0 Å². The maximum atomic E-state index is 5.93. The number of nitrogens with zero attached hydrogens (tertiary/aromatic N) is 2. The van der Waals surface area contributed by atoms with E-state index in [0.717, 1.165) is 25.0 Å². The zero-order valence-electron chi connectivity index (χ0n) is 13.0. The topological polar surface area (TPSA) is 65.1 Å². The van der Waals surface area contributed by atoms with Crippen molar-refractivity contribution >= 4 is 0 Å². The summed E-state index contributed by atoms with van der Waals surface area (Å²) in [6, 6.07) is 2.89. The van der Waals surface area contributed by atoms with Gasteiger partial charge >= 0.3 is 0 Å². The molecule has 2 heterocycles. The maximum absolute atomic E-state index is 5.93. The molecule has 0 aromatic carbocycles. The first-order chi connectivity index (χ1) is 10.3. The summed E-state index contributed by atoms with van der Waals surface area (Å²) in [5.41, 5.74) is 4.04. The van der Waals surface area contributed by atoms with Gasteiger partial charge in [-0.15, -0.1) is 0 Å². The van der Waals surface area contributed by atoms with Crippen molar-refractivity contribution in [1.29, 1.82) is 0 Å². The quantitative estimate of drug-likeness (QED) is 0.646. The largest absolute Gasteiger partial charge is 0.374 e. The van der Waals surface area contributed by atoms with E-state index in [1.54, 1.807) is 0 Å². The third-order valence-electron chi connectivity index (χ3n) is 4.97. The molecule has 1 saturated heterocycles. The van der Waals surface area contributed by atoms with Crippen LogP contribution in [0.2, 0.25) is 0 Å². The molecular formula is C16H28N4O. The molecule has 1 aromatic heterocycles. The van der Waals surface area contributed by atoms with E-state index in [0.29, 0.717) is 12.1 Å². The summed E-state index contributed by atoms with van der Waals surface area (Å²) in [6.45, 7) is 2.13. The fraction of sp³-hybridized carbons (Fsp3) is 0.812. The number of aromatic nitrogens is 2. The van der Waals surface area contributed by atoms with Crippen LogP contribution in [-0.4, -0.2) is 28.0 Å². The van der Waals surface area contributed by atoms with Crippen molar-refractivity contribution in [3.63, 3.8) is 0 Å². The average Bonchev–Trinajstić information content (AvgIpc) is 3.15. The van der Waals surface area contributed by atoms with Crippen molar-refractivity contribution in [2.75, 3.05) is 0 Å². The van der Waals surface area contributed by atoms with Crippen LogP contribution in [0.25, 0.3) is 0 Å². The van der Waals surface area contributed by atoms with Gasteiger partial charge < -0.3 is 4.74 Å². The summed E-state index contributed by atoms with van der Waals surface area (Å²) in [5, 5.41) is 4.78. The molecule has 0 spiro atoms. The monoisotopic (exact) mass is 292 g/mol. The van der Waals surface area contributed by atoms with Gasteiger partial charge in [-0.3, -0.25) is 16.0 Å². The zero-order chi connectivity index (χ0) is 14.7. The third kappa shape index (κ3) is 3.65. The number of nitrogens with two attached hydrogens (primary N) is 1. The molecule has 0 radical (unpaired) electrons. The Morgan fingerprint density at radius 2 is 2.14 bits per heavy atom. The fourth-order valence-electron chi connectivity index (χ4n) is 3.69. The van der Waals surface area contributed by atoms with Gasteiger partial charge in [0.25, 0.3) is 0 Å². The van der Waals surface area contributed by atoms with Crippen LogP contribution in [0.15, 0.2) is 12.3 Å². The van der Waals surface area contributed by atoms with Gasteiger partial charge in [0.1, 0.15) is 0 Å². The summed E-state index contributed by atoms with van der Waals surface area (Å²) in [7, 11) is 0. The van der Waals surface area contributed by atoms with Gasteiger partial charge in [0.2, 0.25) is 0 Å². The number of ether oxygens (including phenoxy) is 1. The highest BCUT2D eigenvalue weighted by Crippen LogP contribution is 2.28. The molecule has 2 fully saturated rings. The first kappa shape index (κ1) is 15.0. The molecular weight excluding hydrogens is 264 g/mol. The molecule has 21 heavy (non-hydrogen) atoms. The maximum Gasteiger partial charge on any atom is 0.0749 e. The normalized spacial score (nSPS) is 28.9. The SMILES string of the molecule is CC1CCC(C(Cc2ccn(C3CCCCC3)n2)NN)O1. The minimum absolute atomic E-state index is 0.157. The Bertz CT molecular complexity index is 441. The Morgan fingerprint density at radius 1 is 1.33 bits per heavy atom. The lowest BCUT2D eigenvalue weighted by Crippen LogP contribution is -2.45. The number of hydrogen-bond donors (Lipinski definition) is 2. The summed E-state index contributed by atoms with van der Waals surface area (Å²) >= 11 is 0. The first-order valence-corrected chi connectivity index (χ1v) is 8.42. The van der Waals surface area contributed by atoms with Crippen molar-refractivity contribution < 1.29 is 4.74 Å². The molecule has 3 atom stereocenters. The smallest absolute Gasteiger partial charge is 0.0749 e. The van der Waals surface area contributed by atoms with Crippen LogP contribution >= 0.6 is 0 Å². The Labute approximate surface area is 127 Å². The lowest BCUT2D eigenvalue weighted by molar-refractivity contribution is 0.0318. The second-order valence-electron chi connectivity index (χ2n) is 6.62. The van der Waals surface area contributed by atoms with Crippen molar-refractivity contribution in [3.05, 3.63) is 18.0 Å². The number of rotatable bonds is 5. The van der Waals surface area contributed by atoms with Gasteiger partial charge in [0, 0.05) is 12.6 Å². The van der Waals surface area contributed by atoms with E-state index in [2.05, 4.69) is 29.3 Å². The van der Waals surface area contributed by atoms with Gasteiger partial charge in [-0.05, 0) is 38.7 Å². The summed E-state index contributed by atoms with van der Waals surface area (Å²) < 4.78 is 8.10. The van der Waals surface area contributed by atoms with Crippen LogP contribution in [0, 0.1) is 0 Å². The summed E-state index contributed by atoms with van der Waals surface area (Å²) in [4.78, 5) is 0. The molecule has 1 saturated carbocycles. The molecule has 0 amide bonds. The lowest BCUT2D eigenvalue weighted by atomic mass is 9.96. The van der Waals surface area contributed by atoms with E-state index < -0.39 is 0 Å². The van der Waals surface area contributed by atoms with Crippen LogP contribution in [0.5, 0.6) is 0 Å². The molecule has 5 nitrogen and oxygen atoms in total. The standard InChI is InChI=1S/C16H28N4O/c1-12-7-8-16(21-12)15(18-17)11-13-9-10-20(19-13)14-5-3-2-4-6-14/h9-10,12,14-16,18H,2-8,11,17H2,1H3. The van der Waals surface area contributed by atoms with Gasteiger partial charge in [-0.2, -0.15) is 5.10 Å². The molecule has 1 aliphatic heterocycles. The second kappa shape index (κ2) is 6.90. The minimum atomic E-state index is 0.157. The number of hydrogen-bond acceptors (Lipinski definition) is 4. The van der Waals surface area contributed by atoms with Crippen molar-refractivity contribution in [3.8, 4) is 0 Å². The molecule has 5 heteroatoms. The van der Waals surface area contributed by atoms with Gasteiger partial charge in [0.15, 0.2) is 0 Å². The molecule has 1 aliphatic carbocycles. The lowest BCUT2D eigenvalue weighted by Gasteiger charge is -2.23. The molecule has 0 bridgehead atoms. The molecule has 3 unspecified atom stereocenters. The average molecular weight is 292 g/mol. The van der Waals surface area contributed by atoms with Gasteiger partial charge in [-0.1, -0.05) is 19.3 Å². The van der Waals surface area contributed by atoms with Crippen molar-refractivity contribution in [1.82, 2.24) is 15.2 Å². The third-order valence-corrected chi connectivity index (χ3v) is 4.97. The summed E-state index contributed by atoms with van der Waals surface area (Å²) in [5.74, 6) is 5.73. The van der Waals surface area contributed by atoms with E-state index >= 15 is 0 Å². The fourth-order valence-corrected chi connectivity index (χ4v) is 3.69. The Morgan fingerprint density at radius 3 is 2.81 bits per heavy atom. The Balaban J connectivity index is 1.60. The highest BCUT2D eigenvalue weighted by atomic mass is 16.5. The van der Waals surface area contributed by atoms with Crippen molar-refractivity contribution in [2.24, 2.45) is 5.84 Å². The number of nitrogens with one attached hydrogen (secondary N) is 1. The highest BCUT2D eigenvalue weighted by Gasteiger charge is 2.29. The van der Waals surface area contributed by atoms with Crippen LogP contribution in [0.4, 0.5) is 0 Å². The van der Waals surface area contributed by atoms with Gasteiger partial charge in [0.05, 0.1) is 30.0 Å². The van der Waals surface area contributed by atoms with E-state index in [4.69, 9.17) is 15.7 Å². The minimum Gasteiger partial charge on any atom is -0.374 e. The molecule has 3 rings (SSSR count). The zero-order valence-corrected chi connectivity index (χ0v) is 13.0. The molecule has 118 valence electrons. The van der Waals surface area contributed by atoms with Crippen LogP contribution in [0.1, 0.15) is 63.6 Å². The molecule has 1 aromatic rings. The first-order valence-electron chi connectivity index (χ1n) is 8.42. The van der Waals surface area contributed by atoms with Crippen LogP contribution in [0.3, 0.4) is 0 Å². The van der Waals surface area contributed by atoms with Crippen molar-refractivity contribution in [2.45, 2.75) is 82.6 Å². The predicted molar refractivity (Wildman–Crippen MR) is 82.7 cm³/mol. The highest BCUT2D eigenvalue weighted by molar-refractivity contribution is 5.04. The van der Waals surface area contributed by atoms with E-state index in [9.17, 15) is 0 Å². The van der Waals surface area contributed by atoms with E-state index in [-0.39, 0.29) is 12.1 Å². The Kier molecular flexibility index (Phi) is 4.93. The Hall–Kier alpha value is -0.910. The van der Waals surface area contributed by atoms with Crippen LogP contribution in [-0.2, 0) is 11.2 Å². The summed E-state index contributed by atoms with van der Waals surface area (Å²) in [6.07, 6.45) is 12.3. The number of hydrazine groups is 1. The van der Waals surface area contributed by atoms with Gasteiger partial charge in [-0.25, -0.2) is 0 Å². The van der Waals surface area contributed by atoms with E-state index in [1.165, 1.54) is 32.1 Å². The predicted octanol–water partition coefficient (Wildman–Crippen LogP) is 2.33. The second-order valence-corrected chi connectivity index (χ2v) is 6.62. The molecule has 3 N–H and O–H groups in total. The molecule has 2 aliphatic rings. The van der Waals surface area contributed by atoms with Crippen LogP contribution < -0.4 is 11.3 Å².